The minimum Gasteiger partial charge on any atom is -0.382 e. The molecule has 0 radical (unpaired) electrons. The summed E-state index contributed by atoms with van der Waals surface area (Å²) in [5.41, 5.74) is 9.39. The number of H-pyrrole nitrogens is 1. The van der Waals surface area contributed by atoms with Gasteiger partial charge in [0.25, 0.3) is 0 Å². The van der Waals surface area contributed by atoms with Gasteiger partial charge < -0.3 is 5.73 Å². The van der Waals surface area contributed by atoms with Crippen LogP contribution in [-0.2, 0) is 0 Å². The van der Waals surface area contributed by atoms with Crippen molar-refractivity contribution in [2.24, 2.45) is 0 Å². The number of thiophene rings is 1. The van der Waals surface area contributed by atoms with E-state index in [1.54, 1.807) is 17.5 Å². The van der Waals surface area contributed by atoms with Crippen LogP contribution in [0.4, 0.5) is 5.82 Å². The molecule has 96 valence electrons. The van der Waals surface area contributed by atoms with E-state index in [9.17, 15) is 0 Å². The molecule has 19 heavy (non-hydrogen) atoms. The Hall–Kier alpha value is -1.85. The van der Waals surface area contributed by atoms with Crippen LogP contribution in [0.25, 0.3) is 21.8 Å². The second-order valence-corrected chi connectivity index (χ2v) is 5.39. The minimum absolute atomic E-state index is 0.427. The first-order valence-corrected chi connectivity index (χ1v) is 6.93. The summed E-state index contributed by atoms with van der Waals surface area (Å²) in [6.07, 6.45) is 1.73. The van der Waals surface area contributed by atoms with Crippen LogP contribution < -0.4 is 5.73 Å². The summed E-state index contributed by atoms with van der Waals surface area (Å²) in [5.74, 6) is 0.427. The number of nitrogens with two attached hydrogens (primary N) is 1. The molecular formula is C13H11ClN4S. The normalized spacial score (nSPS) is 10.8. The molecular weight excluding hydrogens is 280 g/mol. The van der Waals surface area contributed by atoms with Crippen molar-refractivity contribution < 1.29 is 0 Å². The van der Waals surface area contributed by atoms with Gasteiger partial charge in [-0.15, -0.1) is 11.3 Å². The van der Waals surface area contributed by atoms with Gasteiger partial charge in [-0.1, -0.05) is 17.7 Å². The molecule has 0 bridgehead atoms. The van der Waals surface area contributed by atoms with Crippen LogP contribution in [0.15, 0.2) is 29.8 Å². The maximum Gasteiger partial charge on any atom is 0.155 e. The van der Waals surface area contributed by atoms with Crippen molar-refractivity contribution in [1.29, 1.82) is 0 Å². The van der Waals surface area contributed by atoms with Gasteiger partial charge in [0, 0.05) is 6.20 Å². The molecule has 0 fully saturated rings. The number of anilines is 1. The van der Waals surface area contributed by atoms with Gasteiger partial charge in [0.05, 0.1) is 26.9 Å². The van der Waals surface area contributed by atoms with E-state index in [0.29, 0.717) is 5.82 Å². The monoisotopic (exact) mass is 290 g/mol. The molecule has 0 amide bonds. The highest BCUT2D eigenvalue weighted by Gasteiger charge is 2.19. The first kappa shape index (κ1) is 12.2. The van der Waals surface area contributed by atoms with Crippen LogP contribution in [0, 0.1) is 6.92 Å². The maximum atomic E-state index is 6.31. The molecule has 4 nitrogen and oxygen atoms in total. The van der Waals surface area contributed by atoms with Crippen molar-refractivity contribution >= 4 is 28.8 Å². The molecule has 0 atom stereocenters. The Morgan fingerprint density at radius 3 is 2.84 bits per heavy atom. The third-order valence-electron chi connectivity index (χ3n) is 2.84. The fourth-order valence-electron chi connectivity index (χ4n) is 1.89. The SMILES string of the molecule is Cc1csc(-c2[nH]nc(N)c2-c2ccccn2)c1Cl. The number of nitrogens with one attached hydrogen (secondary N) is 1. The Morgan fingerprint density at radius 1 is 1.37 bits per heavy atom. The van der Waals surface area contributed by atoms with Gasteiger partial charge in [0.15, 0.2) is 5.82 Å². The molecule has 3 aromatic rings. The molecule has 3 rings (SSSR count). The predicted octanol–water partition coefficient (Wildman–Crippen LogP) is 3.74. The molecule has 0 saturated carbocycles. The van der Waals surface area contributed by atoms with Gasteiger partial charge >= 0.3 is 0 Å². The highest BCUT2D eigenvalue weighted by Crippen LogP contribution is 2.41. The smallest absolute Gasteiger partial charge is 0.155 e. The number of aromatic amines is 1. The van der Waals surface area contributed by atoms with E-state index in [4.69, 9.17) is 17.3 Å². The second kappa shape index (κ2) is 4.68. The second-order valence-electron chi connectivity index (χ2n) is 4.14. The molecule has 0 unspecified atom stereocenters. The van der Waals surface area contributed by atoms with E-state index in [2.05, 4.69) is 15.2 Å². The fraction of sp³-hybridized carbons (Fsp3) is 0.0769. The van der Waals surface area contributed by atoms with Crippen molar-refractivity contribution in [3.63, 3.8) is 0 Å². The Labute approximate surface area is 119 Å². The molecule has 0 spiro atoms. The zero-order valence-corrected chi connectivity index (χ0v) is 11.7. The summed E-state index contributed by atoms with van der Waals surface area (Å²) in [6, 6.07) is 5.68. The molecule has 0 aromatic carbocycles. The topological polar surface area (TPSA) is 67.6 Å². The summed E-state index contributed by atoms with van der Waals surface area (Å²) in [7, 11) is 0. The Bertz CT molecular complexity index is 718. The number of aryl methyl sites for hydroxylation is 1. The summed E-state index contributed by atoms with van der Waals surface area (Å²) in [4.78, 5) is 5.26. The molecule has 6 heteroatoms. The van der Waals surface area contributed by atoms with Gasteiger partial charge in [-0.25, -0.2) is 0 Å². The van der Waals surface area contributed by atoms with E-state index < -0.39 is 0 Å². The third-order valence-corrected chi connectivity index (χ3v) is 4.56. The van der Waals surface area contributed by atoms with Gasteiger partial charge in [-0.2, -0.15) is 5.10 Å². The summed E-state index contributed by atoms with van der Waals surface area (Å²) in [6.45, 7) is 1.97. The third kappa shape index (κ3) is 2.01. The van der Waals surface area contributed by atoms with Gasteiger partial charge in [0.2, 0.25) is 0 Å². The first-order valence-electron chi connectivity index (χ1n) is 5.67. The molecule has 3 aromatic heterocycles. The largest absolute Gasteiger partial charge is 0.382 e. The molecule has 3 heterocycles. The lowest BCUT2D eigenvalue weighted by Gasteiger charge is -2.02. The van der Waals surface area contributed by atoms with E-state index in [0.717, 1.165) is 32.4 Å². The number of nitrogen functional groups attached to an aromatic ring is 1. The van der Waals surface area contributed by atoms with Crippen molar-refractivity contribution in [2.75, 3.05) is 5.73 Å². The van der Waals surface area contributed by atoms with Crippen LogP contribution in [-0.4, -0.2) is 15.2 Å². The average Bonchev–Trinajstić information content (AvgIpc) is 2.95. The number of nitrogens with zero attached hydrogens (tertiary/aromatic N) is 2. The molecule has 0 aliphatic carbocycles. The molecule has 0 aliphatic rings. The minimum atomic E-state index is 0.427. The number of hydrogen-bond donors (Lipinski definition) is 2. The fourth-order valence-corrected chi connectivity index (χ4v) is 3.18. The van der Waals surface area contributed by atoms with E-state index >= 15 is 0 Å². The number of halogens is 1. The number of pyridine rings is 1. The number of rotatable bonds is 2. The lowest BCUT2D eigenvalue weighted by atomic mass is 10.1. The van der Waals surface area contributed by atoms with Gasteiger partial charge in [0.1, 0.15) is 0 Å². The molecule has 3 N–H and O–H groups in total. The van der Waals surface area contributed by atoms with Gasteiger partial charge in [-0.3, -0.25) is 10.1 Å². The highest BCUT2D eigenvalue weighted by atomic mass is 35.5. The molecule has 0 aliphatic heterocycles. The Morgan fingerprint density at radius 2 is 2.21 bits per heavy atom. The average molecular weight is 291 g/mol. The van der Waals surface area contributed by atoms with Crippen molar-refractivity contribution in [3.05, 3.63) is 40.4 Å². The number of aromatic nitrogens is 3. The van der Waals surface area contributed by atoms with Crippen molar-refractivity contribution in [1.82, 2.24) is 15.2 Å². The van der Waals surface area contributed by atoms with Crippen molar-refractivity contribution in [3.8, 4) is 21.8 Å². The quantitative estimate of drug-likeness (QED) is 0.755. The maximum absolute atomic E-state index is 6.31. The first-order chi connectivity index (χ1) is 9.18. The van der Waals surface area contributed by atoms with Crippen LogP contribution >= 0.6 is 22.9 Å². The van der Waals surface area contributed by atoms with Crippen LogP contribution in [0.5, 0.6) is 0 Å². The Kier molecular flexibility index (Phi) is 3.00. The van der Waals surface area contributed by atoms with Crippen molar-refractivity contribution in [2.45, 2.75) is 6.92 Å². The van der Waals surface area contributed by atoms with Crippen LogP contribution in [0.1, 0.15) is 5.56 Å². The predicted molar refractivity (Wildman–Crippen MR) is 79.3 cm³/mol. The van der Waals surface area contributed by atoms with E-state index in [1.807, 2.05) is 30.5 Å². The van der Waals surface area contributed by atoms with Crippen LogP contribution in [0.3, 0.4) is 0 Å². The summed E-state index contributed by atoms with van der Waals surface area (Å²) < 4.78 is 0. The zero-order valence-electron chi connectivity index (χ0n) is 10.1. The van der Waals surface area contributed by atoms with E-state index in [1.165, 1.54) is 0 Å². The Balaban J connectivity index is 2.22. The van der Waals surface area contributed by atoms with Gasteiger partial charge in [-0.05, 0) is 30.0 Å². The van der Waals surface area contributed by atoms with E-state index in [-0.39, 0.29) is 0 Å². The zero-order chi connectivity index (χ0) is 13.4. The standard InChI is InChI=1S/C13H11ClN4S/c1-7-6-19-12(10(7)14)11-9(13(15)18-17-11)8-4-2-3-5-16-8/h2-6H,1H3,(H3,15,17,18). The molecule has 0 saturated heterocycles. The lowest BCUT2D eigenvalue weighted by Crippen LogP contribution is -1.90. The number of hydrogen-bond acceptors (Lipinski definition) is 4. The summed E-state index contributed by atoms with van der Waals surface area (Å²) in [5, 5.41) is 9.77. The highest BCUT2D eigenvalue weighted by molar-refractivity contribution is 7.14. The lowest BCUT2D eigenvalue weighted by molar-refractivity contribution is 1.11. The van der Waals surface area contributed by atoms with Crippen LogP contribution in [0.2, 0.25) is 5.02 Å². The summed E-state index contributed by atoms with van der Waals surface area (Å²) >= 11 is 7.88.